The number of carbonyl (C=O) groups is 2. The normalized spacial score (nSPS) is 11.6. The number of halogens is 3. The lowest BCUT2D eigenvalue weighted by Crippen LogP contribution is -2.40. The molecule has 10 nitrogen and oxygen atoms in total. The number of oxazole rings is 1. The van der Waals surface area contributed by atoms with Gasteiger partial charge in [0.05, 0.1) is 19.5 Å². The van der Waals surface area contributed by atoms with E-state index in [-0.39, 0.29) is 76.8 Å². The second-order valence-corrected chi connectivity index (χ2v) is 8.26. The Morgan fingerprint density at radius 1 is 1.22 bits per heavy atom. The Labute approximate surface area is 210 Å². The number of nitrogens with zero attached hydrogens (tertiary/aromatic N) is 3. The Morgan fingerprint density at radius 3 is 2.49 bits per heavy atom. The van der Waals surface area contributed by atoms with E-state index in [0.717, 1.165) is 6.07 Å². The molecule has 2 amide bonds. The maximum absolute atomic E-state index is 13.2. The molecule has 0 aliphatic heterocycles. The van der Waals surface area contributed by atoms with E-state index in [9.17, 15) is 22.8 Å². The fraction of sp³-hybridized carbons (Fsp3) is 0.333. The van der Waals surface area contributed by atoms with Gasteiger partial charge in [-0.05, 0) is 38.1 Å². The molecule has 2 heterocycles. The van der Waals surface area contributed by atoms with Gasteiger partial charge in [0.15, 0.2) is 11.5 Å². The zero-order valence-corrected chi connectivity index (χ0v) is 20.5. The lowest BCUT2D eigenvalue weighted by molar-refractivity contribution is -0.141. The highest BCUT2D eigenvalue weighted by molar-refractivity contribution is 5.98. The summed E-state index contributed by atoms with van der Waals surface area (Å²) in [6.45, 7) is 6.95. The first kappa shape index (κ1) is 27.5. The number of ether oxygens (including phenoxy) is 1. The molecule has 0 saturated carbocycles. The summed E-state index contributed by atoms with van der Waals surface area (Å²) < 4.78 is 50.5. The van der Waals surface area contributed by atoms with Crippen LogP contribution in [0.4, 0.5) is 13.2 Å². The number of nitrogens with one attached hydrogen (secondary N) is 1. The lowest BCUT2D eigenvalue weighted by atomic mass is 10.1. The summed E-state index contributed by atoms with van der Waals surface area (Å²) in [6.07, 6.45) is -4.69. The van der Waals surface area contributed by atoms with Crippen molar-refractivity contribution in [3.05, 3.63) is 53.8 Å². The van der Waals surface area contributed by atoms with Crippen LogP contribution in [0.1, 0.15) is 42.2 Å². The highest BCUT2D eigenvalue weighted by atomic mass is 19.4. The number of aromatic nitrogens is 2. The minimum absolute atomic E-state index is 0.0179. The summed E-state index contributed by atoms with van der Waals surface area (Å²) in [6, 6.07) is 4.81. The quantitative estimate of drug-likeness (QED) is 0.389. The fourth-order valence-corrected chi connectivity index (χ4v) is 3.75. The van der Waals surface area contributed by atoms with Crippen LogP contribution in [0.5, 0.6) is 5.75 Å². The molecule has 0 spiro atoms. The Morgan fingerprint density at radius 2 is 1.92 bits per heavy atom. The Kier molecular flexibility index (Phi) is 8.06. The molecule has 5 N–H and O–H groups in total. The number of pyridine rings is 1. The van der Waals surface area contributed by atoms with Crippen molar-refractivity contribution in [3.8, 4) is 17.2 Å². The van der Waals surface area contributed by atoms with Crippen LogP contribution in [0.2, 0.25) is 0 Å². The van der Waals surface area contributed by atoms with Gasteiger partial charge in [-0.3, -0.25) is 14.5 Å². The van der Waals surface area contributed by atoms with Crippen LogP contribution in [-0.2, 0) is 17.5 Å². The van der Waals surface area contributed by atoms with Crippen molar-refractivity contribution in [3.63, 3.8) is 0 Å². The molecule has 0 radical (unpaired) electrons. The van der Waals surface area contributed by atoms with E-state index < -0.39 is 17.8 Å². The third-order valence-corrected chi connectivity index (χ3v) is 5.38. The van der Waals surface area contributed by atoms with E-state index in [1.807, 2.05) is 0 Å². The number of benzene rings is 1. The van der Waals surface area contributed by atoms with Crippen molar-refractivity contribution in [2.45, 2.75) is 39.0 Å². The summed E-state index contributed by atoms with van der Waals surface area (Å²) in [5.74, 6) is -0.724. The number of hydrogen-bond acceptors (Lipinski definition) is 8. The summed E-state index contributed by atoms with van der Waals surface area (Å²) >= 11 is 0. The van der Waals surface area contributed by atoms with Gasteiger partial charge in [-0.25, -0.2) is 9.97 Å². The number of alkyl halides is 3. The zero-order valence-electron chi connectivity index (χ0n) is 20.5. The van der Waals surface area contributed by atoms with Crippen LogP contribution >= 0.6 is 0 Å². The van der Waals surface area contributed by atoms with Gasteiger partial charge in [0, 0.05) is 30.0 Å². The van der Waals surface area contributed by atoms with Crippen LogP contribution in [0, 0.1) is 0 Å². The van der Waals surface area contributed by atoms with E-state index in [2.05, 4.69) is 21.9 Å². The van der Waals surface area contributed by atoms with E-state index in [1.54, 1.807) is 13.8 Å². The van der Waals surface area contributed by atoms with E-state index >= 15 is 0 Å². The molecule has 0 aliphatic carbocycles. The first-order valence-electron chi connectivity index (χ1n) is 11.2. The van der Waals surface area contributed by atoms with Crippen LogP contribution in [-0.4, -0.2) is 46.4 Å². The second kappa shape index (κ2) is 10.9. The monoisotopic (exact) mass is 520 g/mol. The Balaban J connectivity index is 1.89. The summed E-state index contributed by atoms with van der Waals surface area (Å²) in [4.78, 5) is 34.5. The van der Waals surface area contributed by atoms with Gasteiger partial charge in [0.25, 0.3) is 5.91 Å². The predicted molar refractivity (Wildman–Crippen MR) is 129 cm³/mol. The smallest absolute Gasteiger partial charge is 0.433 e. The second-order valence-electron chi connectivity index (χ2n) is 8.26. The van der Waals surface area contributed by atoms with Crippen molar-refractivity contribution < 1.29 is 31.9 Å². The average molecular weight is 521 g/mol. The number of fused-ring (bicyclic) bond motifs is 1. The third kappa shape index (κ3) is 5.82. The summed E-state index contributed by atoms with van der Waals surface area (Å²) in [5, 5.41) is 2.86. The predicted octanol–water partition coefficient (Wildman–Crippen LogP) is 3.16. The molecule has 0 saturated heterocycles. The first-order chi connectivity index (χ1) is 17.4. The molecular weight excluding hydrogens is 493 g/mol. The zero-order chi connectivity index (χ0) is 27.5. The molecule has 3 rings (SSSR count). The van der Waals surface area contributed by atoms with Crippen LogP contribution < -0.4 is 21.5 Å². The van der Waals surface area contributed by atoms with Crippen molar-refractivity contribution in [2.24, 2.45) is 11.5 Å². The van der Waals surface area contributed by atoms with Crippen LogP contribution in [0.25, 0.3) is 22.4 Å². The fourth-order valence-electron chi connectivity index (χ4n) is 3.75. The number of nitrogens with two attached hydrogens (primary N) is 2. The minimum atomic E-state index is -4.65. The number of rotatable bonds is 9. The standard InChI is InChI=1S/C24H27F3N6O4/c1-12(2)33(13(3)29)19(34)9-10-30-22(35)21-17(11-28)37-23(32-21)15-5-7-16(36-4)20-14(15)6-8-18(31-20)24(25,26)27/h5-8,12H,3,9-11,28-29H2,1-2,4H3,(H,30,35). The van der Waals surface area contributed by atoms with Gasteiger partial charge in [-0.15, -0.1) is 0 Å². The van der Waals surface area contributed by atoms with Gasteiger partial charge < -0.3 is 25.9 Å². The molecule has 0 unspecified atom stereocenters. The topological polar surface area (TPSA) is 150 Å². The summed E-state index contributed by atoms with van der Waals surface area (Å²) in [7, 11) is 1.31. The largest absolute Gasteiger partial charge is 0.494 e. The number of amides is 2. The van der Waals surface area contributed by atoms with E-state index in [0.29, 0.717) is 0 Å². The van der Waals surface area contributed by atoms with Crippen molar-refractivity contribution in [1.82, 2.24) is 20.2 Å². The van der Waals surface area contributed by atoms with Crippen molar-refractivity contribution in [2.75, 3.05) is 13.7 Å². The molecule has 13 heteroatoms. The Hall–Kier alpha value is -4.13. The molecule has 198 valence electrons. The lowest BCUT2D eigenvalue weighted by Gasteiger charge is -2.26. The number of carbonyl (C=O) groups excluding carboxylic acids is 2. The highest BCUT2D eigenvalue weighted by Crippen LogP contribution is 2.36. The molecule has 37 heavy (non-hydrogen) atoms. The number of methoxy groups -OCH3 is 1. The molecule has 3 aromatic rings. The molecule has 1 aromatic carbocycles. The molecule has 0 fully saturated rings. The first-order valence-corrected chi connectivity index (χ1v) is 11.2. The van der Waals surface area contributed by atoms with Gasteiger partial charge >= 0.3 is 6.18 Å². The molecule has 2 aromatic heterocycles. The van der Waals surface area contributed by atoms with Gasteiger partial charge in [-0.1, -0.05) is 6.58 Å². The van der Waals surface area contributed by atoms with Gasteiger partial charge in [0.1, 0.15) is 17.0 Å². The molecule has 0 aliphatic rings. The molecule has 0 bridgehead atoms. The minimum Gasteiger partial charge on any atom is -0.494 e. The Bertz CT molecular complexity index is 1340. The molecular formula is C24H27F3N6O4. The van der Waals surface area contributed by atoms with Crippen LogP contribution in [0.3, 0.4) is 0 Å². The summed E-state index contributed by atoms with van der Waals surface area (Å²) in [5.41, 5.74) is 10.4. The average Bonchev–Trinajstić information content (AvgIpc) is 3.26. The van der Waals surface area contributed by atoms with E-state index in [1.165, 1.54) is 30.2 Å². The van der Waals surface area contributed by atoms with Gasteiger partial charge in [0.2, 0.25) is 11.8 Å². The maximum atomic E-state index is 13.2. The van der Waals surface area contributed by atoms with Crippen molar-refractivity contribution >= 4 is 22.7 Å². The van der Waals surface area contributed by atoms with Crippen molar-refractivity contribution in [1.29, 1.82) is 0 Å². The molecule has 0 atom stereocenters. The third-order valence-electron chi connectivity index (χ3n) is 5.38. The van der Waals surface area contributed by atoms with Gasteiger partial charge in [-0.2, -0.15) is 13.2 Å². The number of hydrogen-bond donors (Lipinski definition) is 3. The van der Waals surface area contributed by atoms with E-state index in [4.69, 9.17) is 20.6 Å². The SMILES string of the molecule is C=C(N)N(C(=O)CCNC(=O)c1nc(-c2ccc(OC)c3nc(C(F)(F)F)ccc23)oc1CN)C(C)C. The van der Waals surface area contributed by atoms with Crippen LogP contribution in [0.15, 0.2) is 41.1 Å². The maximum Gasteiger partial charge on any atom is 0.433 e. The highest BCUT2D eigenvalue weighted by Gasteiger charge is 2.33.